The van der Waals surface area contributed by atoms with Crippen LogP contribution in [0.5, 0.6) is 0 Å². The summed E-state index contributed by atoms with van der Waals surface area (Å²) in [5, 5.41) is 2.87. The Bertz CT molecular complexity index is 896. The fourth-order valence-corrected chi connectivity index (χ4v) is 3.95. The van der Waals surface area contributed by atoms with Gasteiger partial charge in [0.15, 0.2) is 0 Å². The largest absolute Gasteiger partial charge is 0.350 e. The van der Waals surface area contributed by atoms with E-state index in [2.05, 4.69) is 37.4 Å². The Hall–Kier alpha value is -2.38. The molecule has 0 aliphatic rings. The molecule has 0 aliphatic carbocycles. The van der Waals surface area contributed by atoms with E-state index in [-0.39, 0.29) is 12.5 Å². The van der Waals surface area contributed by atoms with E-state index in [0.29, 0.717) is 12.2 Å². The second kappa shape index (κ2) is 9.71. The number of hydrogen-bond acceptors (Lipinski definition) is 3. The molecular weight excluding hydrogens is 374 g/mol. The maximum absolute atomic E-state index is 12.7. The topological polar surface area (TPSA) is 69.7 Å². The van der Waals surface area contributed by atoms with Gasteiger partial charge < -0.3 is 5.32 Å². The minimum Gasteiger partial charge on any atom is -0.350 e. The van der Waals surface area contributed by atoms with Crippen molar-refractivity contribution < 1.29 is 13.2 Å². The summed E-state index contributed by atoms with van der Waals surface area (Å²) in [6, 6.07) is 14.9. The number of nitrogens with zero attached hydrogens (tertiary/aromatic N) is 2. The Balaban J connectivity index is 2.17. The molecule has 6 nitrogen and oxygen atoms in total. The summed E-state index contributed by atoms with van der Waals surface area (Å²) >= 11 is 0. The molecule has 0 saturated carbocycles. The zero-order valence-corrected chi connectivity index (χ0v) is 17.8. The van der Waals surface area contributed by atoms with Crippen molar-refractivity contribution in [3.05, 3.63) is 65.2 Å². The Morgan fingerprint density at radius 1 is 0.964 bits per heavy atom. The number of amides is 1. The van der Waals surface area contributed by atoms with Crippen LogP contribution in [0.2, 0.25) is 0 Å². The molecule has 0 radical (unpaired) electrons. The average Bonchev–Trinajstić information content (AvgIpc) is 2.70. The fourth-order valence-electron chi connectivity index (χ4n) is 2.89. The molecule has 0 aliphatic heterocycles. The van der Waals surface area contributed by atoms with Crippen LogP contribution < -0.4 is 9.62 Å². The maximum Gasteiger partial charge on any atom is 0.304 e. The minimum absolute atomic E-state index is 0.278. The molecule has 1 N–H and O–H groups in total. The van der Waals surface area contributed by atoms with Crippen molar-refractivity contribution in [1.82, 2.24) is 9.62 Å². The van der Waals surface area contributed by atoms with Gasteiger partial charge in [-0.15, -0.1) is 0 Å². The van der Waals surface area contributed by atoms with Gasteiger partial charge in [-0.25, -0.2) is 4.31 Å². The third kappa shape index (κ3) is 5.33. The first-order valence-corrected chi connectivity index (χ1v) is 10.8. The van der Waals surface area contributed by atoms with Gasteiger partial charge in [-0.2, -0.15) is 12.7 Å². The number of para-hydroxylation sites is 1. The molecule has 1 amide bonds. The van der Waals surface area contributed by atoms with Gasteiger partial charge >= 0.3 is 10.2 Å². The molecule has 0 saturated heterocycles. The standard InChI is InChI=1S/C21H29N3O3S/c1-5-17-12-13-18(6-2)19(14-17)15-22-21(25)16-24(28(26,27)23(3)4)20-10-8-7-9-11-20/h7-14H,5-6,15-16H2,1-4H3,(H,22,25). The fraction of sp³-hybridized carbons (Fsp3) is 0.381. The van der Waals surface area contributed by atoms with E-state index in [0.717, 1.165) is 27.0 Å². The van der Waals surface area contributed by atoms with E-state index in [1.807, 2.05) is 0 Å². The molecule has 28 heavy (non-hydrogen) atoms. The van der Waals surface area contributed by atoms with E-state index in [9.17, 15) is 13.2 Å². The van der Waals surface area contributed by atoms with Gasteiger partial charge in [0, 0.05) is 20.6 Å². The Kier molecular flexibility index (Phi) is 7.60. The normalized spacial score (nSPS) is 11.5. The number of anilines is 1. The number of aryl methyl sites for hydroxylation is 2. The molecule has 7 heteroatoms. The van der Waals surface area contributed by atoms with Crippen LogP contribution in [0, 0.1) is 0 Å². The Morgan fingerprint density at radius 2 is 1.64 bits per heavy atom. The lowest BCUT2D eigenvalue weighted by Crippen LogP contribution is -2.45. The van der Waals surface area contributed by atoms with Gasteiger partial charge in [-0.1, -0.05) is 50.2 Å². The summed E-state index contributed by atoms with van der Waals surface area (Å²) in [5.41, 5.74) is 3.91. The lowest BCUT2D eigenvalue weighted by molar-refractivity contribution is -0.119. The first-order valence-electron chi connectivity index (χ1n) is 9.42. The van der Waals surface area contributed by atoms with Crippen molar-refractivity contribution in [2.45, 2.75) is 33.2 Å². The van der Waals surface area contributed by atoms with E-state index in [1.54, 1.807) is 30.3 Å². The average molecular weight is 404 g/mol. The second-order valence-corrected chi connectivity index (χ2v) is 8.79. The predicted octanol–water partition coefficient (Wildman–Crippen LogP) is 2.74. The second-order valence-electron chi connectivity index (χ2n) is 6.72. The van der Waals surface area contributed by atoms with Gasteiger partial charge in [-0.05, 0) is 41.7 Å². The lowest BCUT2D eigenvalue weighted by atomic mass is 10.0. The maximum atomic E-state index is 12.7. The van der Waals surface area contributed by atoms with Crippen molar-refractivity contribution in [2.24, 2.45) is 0 Å². The molecule has 0 unspecified atom stereocenters. The molecule has 2 aromatic carbocycles. The van der Waals surface area contributed by atoms with Crippen molar-refractivity contribution >= 4 is 21.8 Å². The summed E-state index contributed by atoms with van der Waals surface area (Å²) < 4.78 is 27.6. The van der Waals surface area contributed by atoms with Gasteiger partial charge in [-0.3, -0.25) is 4.79 Å². The summed E-state index contributed by atoms with van der Waals surface area (Å²) in [4.78, 5) is 12.6. The van der Waals surface area contributed by atoms with Crippen molar-refractivity contribution in [3.8, 4) is 0 Å². The minimum atomic E-state index is -3.79. The highest BCUT2D eigenvalue weighted by molar-refractivity contribution is 7.90. The highest BCUT2D eigenvalue weighted by Gasteiger charge is 2.27. The highest BCUT2D eigenvalue weighted by atomic mass is 32.2. The number of benzene rings is 2. The van der Waals surface area contributed by atoms with Crippen LogP contribution in [0.15, 0.2) is 48.5 Å². The van der Waals surface area contributed by atoms with Crippen molar-refractivity contribution in [2.75, 3.05) is 24.9 Å². The third-order valence-electron chi connectivity index (χ3n) is 4.61. The molecule has 0 spiro atoms. The smallest absolute Gasteiger partial charge is 0.304 e. The van der Waals surface area contributed by atoms with E-state index >= 15 is 0 Å². The zero-order chi connectivity index (χ0) is 20.7. The number of hydrogen-bond donors (Lipinski definition) is 1. The quantitative estimate of drug-likeness (QED) is 0.700. The van der Waals surface area contributed by atoms with Crippen LogP contribution in [0.25, 0.3) is 0 Å². The predicted molar refractivity (Wildman–Crippen MR) is 113 cm³/mol. The summed E-state index contributed by atoms with van der Waals surface area (Å²) in [7, 11) is -0.885. The summed E-state index contributed by atoms with van der Waals surface area (Å²) in [6.07, 6.45) is 1.80. The Labute approximate surface area is 168 Å². The van der Waals surface area contributed by atoms with E-state index in [1.165, 1.54) is 25.2 Å². The highest BCUT2D eigenvalue weighted by Crippen LogP contribution is 2.19. The molecule has 0 fully saturated rings. The molecule has 2 aromatic rings. The van der Waals surface area contributed by atoms with Crippen LogP contribution in [-0.4, -0.2) is 39.3 Å². The van der Waals surface area contributed by atoms with Crippen LogP contribution in [-0.2, 0) is 34.4 Å². The molecule has 0 aromatic heterocycles. The molecule has 0 bridgehead atoms. The van der Waals surface area contributed by atoms with Crippen molar-refractivity contribution in [3.63, 3.8) is 0 Å². The first-order chi connectivity index (χ1) is 13.3. The van der Waals surface area contributed by atoms with Crippen LogP contribution in [0.1, 0.15) is 30.5 Å². The summed E-state index contributed by atoms with van der Waals surface area (Å²) in [5.74, 6) is -0.349. The monoisotopic (exact) mass is 403 g/mol. The van der Waals surface area contributed by atoms with Crippen LogP contribution >= 0.6 is 0 Å². The van der Waals surface area contributed by atoms with Crippen LogP contribution in [0.3, 0.4) is 0 Å². The van der Waals surface area contributed by atoms with Gasteiger partial charge in [0.2, 0.25) is 5.91 Å². The SMILES string of the molecule is CCc1ccc(CC)c(CNC(=O)CN(c2ccccc2)S(=O)(=O)N(C)C)c1. The number of rotatable bonds is 9. The molecular formula is C21H29N3O3S. The van der Waals surface area contributed by atoms with Crippen LogP contribution in [0.4, 0.5) is 5.69 Å². The van der Waals surface area contributed by atoms with E-state index in [4.69, 9.17) is 0 Å². The zero-order valence-electron chi connectivity index (χ0n) is 17.0. The number of carbonyl (C=O) groups is 1. The van der Waals surface area contributed by atoms with Gasteiger partial charge in [0.25, 0.3) is 0 Å². The van der Waals surface area contributed by atoms with Gasteiger partial charge in [0.1, 0.15) is 6.54 Å². The number of nitrogens with one attached hydrogen (secondary N) is 1. The molecule has 152 valence electrons. The first kappa shape index (κ1) is 21.9. The molecule has 0 atom stereocenters. The molecule has 2 rings (SSSR count). The summed E-state index contributed by atoms with van der Waals surface area (Å²) in [6.45, 7) is 4.26. The van der Waals surface area contributed by atoms with E-state index < -0.39 is 10.2 Å². The lowest BCUT2D eigenvalue weighted by Gasteiger charge is -2.27. The Morgan fingerprint density at radius 3 is 2.21 bits per heavy atom. The molecule has 0 heterocycles. The van der Waals surface area contributed by atoms with Gasteiger partial charge in [0.05, 0.1) is 5.69 Å². The van der Waals surface area contributed by atoms with Crippen molar-refractivity contribution in [1.29, 1.82) is 0 Å². The number of carbonyl (C=O) groups excluding carboxylic acids is 1. The third-order valence-corrected chi connectivity index (χ3v) is 6.43.